The van der Waals surface area contributed by atoms with E-state index in [1.165, 1.54) is 64.2 Å². The van der Waals surface area contributed by atoms with E-state index >= 15 is 0 Å². The quantitative estimate of drug-likeness (QED) is 0.577. The van der Waals surface area contributed by atoms with E-state index in [1.807, 2.05) is 0 Å². The van der Waals surface area contributed by atoms with Gasteiger partial charge in [0.1, 0.15) is 5.78 Å². The van der Waals surface area contributed by atoms with Gasteiger partial charge in [-0.1, -0.05) is 71.1 Å². The summed E-state index contributed by atoms with van der Waals surface area (Å²) in [5.41, 5.74) is 0. The maximum Gasteiger partial charge on any atom is 0.135 e. The van der Waals surface area contributed by atoms with Gasteiger partial charge in [-0.15, -0.1) is 0 Å². The van der Waals surface area contributed by atoms with Crippen molar-refractivity contribution in [2.24, 2.45) is 0 Å². The molecule has 2 heteroatoms. The lowest BCUT2D eigenvalue weighted by Gasteiger charge is -2.17. The van der Waals surface area contributed by atoms with Crippen LogP contribution in [-0.4, -0.2) is 18.5 Å². The number of carbonyl (C=O) groups excluding carboxylic acids is 1. The molecule has 0 aromatic rings. The second-order valence-electron chi connectivity index (χ2n) is 6.66. The lowest BCUT2D eigenvalue weighted by Crippen LogP contribution is -2.18. The molecule has 0 aromatic heterocycles. The standard InChI is InChI=1S/C19H36O2/c1-2-3-4-13-16-21-19-15-12-10-8-6-5-7-9-11-14-18(20)17-19/h19H,2-17H2,1H3. The maximum atomic E-state index is 12.1. The number of rotatable bonds is 6. The Hall–Kier alpha value is -0.370. The van der Waals surface area contributed by atoms with Crippen LogP contribution in [0.2, 0.25) is 0 Å². The Bertz CT molecular complexity index is 250. The summed E-state index contributed by atoms with van der Waals surface area (Å²) in [7, 11) is 0. The van der Waals surface area contributed by atoms with E-state index in [2.05, 4.69) is 6.92 Å². The van der Waals surface area contributed by atoms with Crippen LogP contribution in [0.1, 0.15) is 103 Å². The molecule has 0 N–H and O–H groups in total. The fourth-order valence-corrected chi connectivity index (χ4v) is 3.13. The zero-order valence-corrected chi connectivity index (χ0v) is 14.2. The molecule has 1 aliphatic rings. The van der Waals surface area contributed by atoms with Crippen molar-refractivity contribution in [3.63, 3.8) is 0 Å². The molecule has 1 aliphatic carbocycles. The second kappa shape index (κ2) is 13.3. The molecule has 0 heterocycles. The Balaban J connectivity index is 2.27. The number of unbranched alkanes of at least 4 members (excludes halogenated alkanes) is 3. The van der Waals surface area contributed by atoms with Crippen molar-refractivity contribution in [2.75, 3.05) is 6.61 Å². The molecule has 2 nitrogen and oxygen atoms in total. The van der Waals surface area contributed by atoms with Crippen LogP contribution in [0.15, 0.2) is 0 Å². The molecule has 1 saturated carbocycles. The van der Waals surface area contributed by atoms with E-state index in [4.69, 9.17) is 4.74 Å². The largest absolute Gasteiger partial charge is 0.378 e. The molecule has 0 aliphatic heterocycles. The molecule has 0 saturated heterocycles. The fraction of sp³-hybridized carbons (Fsp3) is 0.947. The van der Waals surface area contributed by atoms with Gasteiger partial charge in [-0.05, 0) is 19.3 Å². The van der Waals surface area contributed by atoms with Crippen molar-refractivity contribution in [3.05, 3.63) is 0 Å². The van der Waals surface area contributed by atoms with Crippen molar-refractivity contribution >= 4 is 5.78 Å². The summed E-state index contributed by atoms with van der Waals surface area (Å²) in [5, 5.41) is 0. The van der Waals surface area contributed by atoms with Crippen LogP contribution in [0.3, 0.4) is 0 Å². The summed E-state index contributed by atoms with van der Waals surface area (Å²) >= 11 is 0. The second-order valence-corrected chi connectivity index (χ2v) is 6.66. The van der Waals surface area contributed by atoms with Crippen LogP contribution < -0.4 is 0 Å². The molecule has 1 unspecified atom stereocenters. The van der Waals surface area contributed by atoms with Crippen LogP contribution >= 0.6 is 0 Å². The fourth-order valence-electron chi connectivity index (χ4n) is 3.13. The van der Waals surface area contributed by atoms with Crippen LogP contribution in [0, 0.1) is 0 Å². The summed E-state index contributed by atoms with van der Waals surface area (Å²) in [6, 6.07) is 0. The first-order chi connectivity index (χ1) is 10.3. The molecule has 124 valence electrons. The van der Waals surface area contributed by atoms with Gasteiger partial charge >= 0.3 is 0 Å². The van der Waals surface area contributed by atoms with Crippen molar-refractivity contribution in [1.29, 1.82) is 0 Å². The zero-order valence-electron chi connectivity index (χ0n) is 14.2. The van der Waals surface area contributed by atoms with Crippen LogP contribution in [-0.2, 0) is 9.53 Å². The summed E-state index contributed by atoms with van der Waals surface area (Å²) in [4.78, 5) is 12.1. The first-order valence-corrected chi connectivity index (χ1v) is 9.46. The highest BCUT2D eigenvalue weighted by Crippen LogP contribution is 2.17. The molecular formula is C19H36O2. The number of carbonyl (C=O) groups is 1. The van der Waals surface area contributed by atoms with Gasteiger partial charge in [-0.3, -0.25) is 4.79 Å². The Morgan fingerprint density at radius 3 is 2.29 bits per heavy atom. The SMILES string of the molecule is CCCCCCOC1CCCCCCCCCCC(=O)C1. The van der Waals surface area contributed by atoms with Gasteiger partial charge < -0.3 is 4.74 Å². The zero-order chi connectivity index (χ0) is 15.2. The van der Waals surface area contributed by atoms with E-state index in [-0.39, 0.29) is 6.10 Å². The van der Waals surface area contributed by atoms with Crippen molar-refractivity contribution in [2.45, 2.75) is 109 Å². The van der Waals surface area contributed by atoms with Crippen molar-refractivity contribution in [1.82, 2.24) is 0 Å². The number of hydrogen-bond donors (Lipinski definition) is 0. The Labute approximate surface area is 132 Å². The maximum absolute atomic E-state index is 12.1. The molecule has 1 rings (SSSR count). The number of ether oxygens (including phenoxy) is 1. The highest BCUT2D eigenvalue weighted by Gasteiger charge is 2.14. The molecule has 0 radical (unpaired) electrons. The van der Waals surface area contributed by atoms with E-state index in [0.29, 0.717) is 12.2 Å². The number of hydrogen-bond acceptors (Lipinski definition) is 2. The van der Waals surface area contributed by atoms with Crippen molar-refractivity contribution in [3.8, 4) is 0 Å². The van der Waals surface area contributed by atoms with Gasteiger partial charge in [0.15, 0.2) is 0 Å². The third-order valence-corrected chi connectivity index (χ3v) is 4.54. The molecule has 1 fully saturated rings. The lowest BCUT2D eigenvalue weighted by molar-refractivity contribution is -0.122. The molecule has 0 amide bonds. The lowest BCUT2D eigenvalue weighted by atomic mass is 10.0. The van der Waals surface area contributed by atoms with Gasteiger partial charge in [-0.25, -0.2) is 0 Å². The van der Waals surface area contributed by atoms with Gasteiger partial charge in [-0.2, -0.15) is 0 Å². The number of Topliss-reactive ketones (excluding diaryl/α,β-unsaturated/α-hetero) is 1. The first kappa shape index (κ1) is 18.7. The van der Waals surface area contributed by atoms with Crippen LogP contribution in [0.25, 0.3) is 0 Å². The first-order valence-electron chi connectivity index (χ1n) is 9.46. The summed E-state index contributed by atoms with van der Waals surface area (Å²) in [6.07, 6.45) is 17.9. The van der Waals surface area contributed by atoms with Gasteiger partial charge in [0.2, 0.25) is 0 Å². The summed E-state index contributed by atoms with van der Waals surface area (Å²) < 4.78 is 6.01. The minimum absolute atomic E-state index is 0.194. The average molecular weight is 296 g/mol. The van der Waals surface area contributed by atoms with E-state index in [9.17, 15) is 4.79 Å². The normalized spacial score (nSPS) is 23.1. The molecule has 21 heavy (non-hydrogen) atoms. The minimum atomic E-state index is 0.194. The predicted octanol–water partition coefficient (Wildman–Crippen LogP) is 5.83. The van der Waals surface area contributed by atoms with Crippen LogP contribution in [0.4, 0.5) is 0 Å². The summed E-state index contributed by atoms with van der Waals surface area (Å²) in [5.74, 6) is 0.424. The molecule has 0 spiro atoms. The van der Waals surface area contributed by atoms with E-state index in [0.717, 1.165) is 32.3 Å². The van der Waals surface area contributed by atoms with Gasteiger partial charge in [0.05, 0.1) is 6.10 Å². The van der Waals surface area contributed by atoms with Gasteiger partial charge in [0.25, 0.3) is 0 Å². The molecule has 1 atom stereocenters. The monoisotopic (exact) mass is 296 g/mol. The predicted molar refractivity (Wildman–Crippen MR) is 89.7 cm³/mol. The summed E-state index contributed by atoms with van der Waals surface area (Å²) in [6.45, 7) is 3.08. The molecule has 0 aromatic carbocycles. The Kier molecular flexibility index (Phi) is 11.8. The van der Waals surface area contributed by atoms with E-state index in [1.54, 1.807) is 0 Å². The third kappa shape index (κ3) is 10.9. The topological polar surface area (TPSA) is 26.3 Å². The number of ketones is 1. The third-order valence-electron chi connectivity index (χ3n) is 4.54. The highest BCUT2D eigenvalue weighted by molar-refractivity contribution is 5.78. The molecule has 0 bridgehead atoms. The molecular weight excluding hydrogens is 260 g/mol. The minimum Gasteiger partial charge on any atom is -0.378 e. The Morgan fingerprint density at radius 2 is 1.57 bits per heavy atom. The van der Waals surface area contributed by atoms with Crippen LogP contribution in [0.5, 0.6) is 0 Å². The van der Waals surface area contributed by atoms with Gasteiger partial charge in [0, 0.05) is 19.4 Å². The van der Waals surface area contributed by atoms with Crippen molar-refractivity contribution < 1.29 is 9.53 Å². The highest BCUT2D eigenvalue weighted by atomic mass is 16.5. The smallest absolute Gasteiger partial charge is 0.135 e. The Morgan fingerprint density at radius 1 is 0.905 bits per heavy atom. The van der Waals surface area contributed by atoms with E-state index < -0.39 is 0 Å². The average Bonchev–Trinajstić information content (AvgIpc) is 2.49.